The molecule has 0 radical (unpaired) electrons. The van der Waals surface area contributed by atoms with Gasteiger partial charge in [0.05, 0.1) is 5.41 Å². The third kappa shape index (κ3) is 12.4. The number of nitrogens with zero attached hydrogens (tertiary/aromatic N) is 3. The van der Waals surface area contributed by atoms with Crippen molar-refractivity contribution in [2.75, 3.05) is 14.7 Å². The molecule has 0 aromatic heterocycles. The van der Waals surface area contributed by atoms with Gasteiger partial charge >= 0.3 is 0 Å². The number of rotatable bonds is 16. The molecule has 0 saturated heterocycles. The first-order chi connectivity index (χ1) is 41.9. The van der Waals surface area contributed by atoms with Gasteiger partial charge in [0.15, 0.2) is 0 Å². The summed E-state index contributed by atoms with van der Waals surface area (Å²) in [7, 11) is 0. The third-order valence-electron chi connectivity index (χ3n) is 18.4. The van der Waals surface area contributed by atoms with Gasteiger partial charge in [-0.05, 0) is 219 Å². The second-order valence-electron chi connectivity index (χ2n) is 29.1. The monoisotopic (exact) mass is 1160 g/mol. The average Bonchev–Trinajstić information content (AvgIpc) is 1.53. The van der Waals surface area contributed by atoms with Crippen LogP contribution in [0.4, 0.5) is 51.2 Å². The summed E-state index contributed by atoms with van der Waals surface area (Å²) in [6.07, 6.45) is 6.12. The number of hydrogen-bond donors (Lipinski definition) is 0. The number of benzene rings is 10. The molecule has 11 rings (SSSR count). The lowest BCUT2D eigenvalue weighted by atomic mass is 9.67. The van der Waals surface area contributed by atoms with Gasteiger partial charge < -0.3 is 14.7 Å². The summed E-state index contributed by atoms with van der Waals surface area (Å²) < 4.78 is 0. The van der Waals surface area contributed by atoms with E-state index in [1.807, 2.05) is 0 Å². The Hall–Kier alpha value is -8.40. The van der Waals surface area contributed by atoms with E-state index in [0.717, 1.165) is 57.6 Å². The number of fused-ring (bicyclic) bond motifs is 3. The molecule has 0 fully saturated rings. The lowest BCUT2D eigenvalue weighted by Gasteiger charge is -2.35. The van der Waals surface area contributed by atoms with Crippen molar-refractivity contribution in [2.24, 2.45) is 0 Å². The maximum absolute atomic E-state index is 2.45. The van der Waals surface area contributed by atoms with E-state index < -0.39 is 5.41 Å². The zero-order valence-electron chi connectivity index (χ0n) is 55.3. The van der Waals surface area contributed by atoms with Crippen molar-refractivity contribution >= 4 is 51.2 Å². The highest BCUT2D eigenvalue weighted by Crippen LogP contribution is 2.57. The topological polar surface area (TPSA) is 9.72 Å². The minimum absolute atomic E-state index is 0.0382. The van der Waals surface area contributed by atoms with Crippen LogP contribution in [0.15, 0.2) is 231 Å². The van der Waals surface area contributed by atoms with Crippen molar-refractivity contribution in [1.82, 2.24) is 0 Å². The number of hydrogen-bond acceptors (Lipinski definition) is 3. The van der Waals surface area contributed by atoms with E-state index in [2.05, 4.69) is 349 Å². The zero-order valence-corrected chi connectivity index (χ0v) is 55.3. The highest BCUT2D eigenvalue weighted by Gasteiger charge is 2.46. The van der Waals surface area contributed by atoms with E-state index in [1.54, 1.807) is 0 Å². The summed E-state index contributed by atoms with van der Waals surface area (Å²) in [6.45, 7) is 34.2. The molecular weight excluding hydrogens is 1060 g/mol. The molecule has 0 N–H and O–H groups in total. The molecule has 1 aliphatic rings. The Labute approximate surface area is 528 Å². The largest absolute Gasteiger partial charge is 0.311 e. The molecular formula is C85H93N3. The normalized spacial score (nSPS) is 13.0. The number of aryl methyl sites for hydroxylation is 3. The summed E-state index contributed by atoms with van der Waals surface area (Å²) in [5.41, 5.74) is 26.5. The van der Waals surface area contributed by atoms with Crippen molar-refractivity contribution in [3.63, 3.8) is 0 Å². The Balaban J connectivity index is 1.06. The van der Waals surface area contributed by atoms with Gasteiger partial charge in [-0.25, -0.2) is 0 Å². The van der Waals surface area contributed by atoms with Gasteiger partial charge in [0.25, 0.3) is 0 Å². The standard InChI is InChI=1S/C85H93N3/c1-16-17-18-19-20-61-23-25-66(26-24-61)85(79-57-59(2)21-55-77(79)78-56-22-60(3)58-80(78)85)67-35-45-72(46-36-67)88(75-51-47-73(48-52-75)86(68-37-27-62(28-38-68)81(4,5)6)69-39-29-63(30-40-69)82(7,8)9)76-53-49-74(50-54-76)87(70-41-31-64(32-42-70)83(10,11)12)71-43-33-65(34-44-71)84(13,14)15/h21-58H,16-20H2,1-15H3. The molecule has 10 aromatic carbocycles. The summed E-state index contributed by atoms with van der Waals surface area (Å²) in [5, 5.41) is 0. The Bertz CT molecular complexity index is 3660. The fourth-order valence-corrected chi connectivity index (χ4v) is 13.2. The molecule has 0 saturated carbocycles. The summed E-state index contributed by atoms with van der Waals surface area (Å²) in [5.74, 6) is 0. The second kappa shape index (κ2) is 24.3. The van der Waals surface area contributed by atoms with Gasteiger partial charge in [0.1, 0.15) is 0 Å². The molecule has 0 unspecified atom stereocenters. The second-order valence-corrected chi connectivity index (χ2v) is 29.1. The quantitative estimate of drug-likeness (QED) is 0.0893. The van der Waals surface area contributed by atoms with E-state index in [-0.39, 0.29) is 21.7 Å². The summed E-state index contributed by atoms with van der Waals surface area (Å²) >= 11 is 0. The van der Waals surface area contributed by atoms with Crippen LogP contribution in [0.2, 0.25) is 0 Å². The van der Waals surface area contributed by atoms with Gasteiger partial charge in [-0.2, -0.15) is 0 Å². The molecule has 3 heteroatoms. The molecule has 0 aliphatic heterocycles. The van der Waals surface area contributed by atoms with Crippen LogP contribution >= 0.6 is 0 Å². The van der Waals surface area contributed by atoms with Crippen LogP contribution in [0.5, 0.6) is 0 Å². The van der Waals surface area contributed by atoms with E-state index in [0.29, 0.717) is 0 Å². The molecule has 3 nitrogen and oxygen atoms in total. The Morgan fingerprint density at radius 1 is 0.284 bits per heavy atom. The third-order valence-corrected chi connectivity index (χ3v) is 18.4. The van der Waals surface area contributed by atoms with Crippen LogP contribution in [-0.2, 0) is 33.5 Å². The molecule has 0 atom stereocenters. The van der Waals surface area contributed by atoms with E-state index >= 15 is 0 Å². The fourth-order valence-electron chi connectivity index (χ4n) is 13.2. The molecule has 1 aliphatic carbocycles. The first kappa shape index (κ1) is 61.3. The molecule has 88 heavy (non-hydrogen) atoms. The smallest absolute Gasteiger partial charge is 0.0713 e. The minimum Gasteiger partial charge on any atom is -0.311 e. The predicted octanol–water partition coefficient (Wildman–Crippen LogP) is 24.4. The lowest BCUT2D eigenvalue weighted by Crippen LogP contribution is -2.29. The summed E-state index contributed by atoms with van der Waals surface area (Å²) in [6, 6.07) is 88.4. The maximum Gasteiger partial charge on any atom is 0.0713 e. The fraction of sp³-hybridized carbons (Fsp3) is 0.294. The van der Waals surface area contributed by atoms with Crippen LogP contribution in [0.25, 0.3) is 11.1 Å². The molecule has 448 valence electrons. The van der Waals surface area contributed by atoms with Crippen molar-refractivity contribution < 1.29 is 0 Å². The Kier molecular flexibility index (Phi) is 16.9. The van der Waals surface area contributed by atoms with Crippen LogP contribution in [0, 0.1) is 13.8 Å². The van der Waals surface area contributed by atoms with Gasteiger partial charge in [-0.3, -0.25) is 0 Å². The highest BCUT2D eigenvalue weighted by molar-refractivity contribution is 5.88. The molecule has 10 aromatic rings. The lowest BCUT2D eigenvalue weighted by molar-refractivity contribution is 0.590. The Morgan fingerprint density at radius 3 is 0.795 bits per heavy atom. The number of unbranched alkanes of at least 4 members (excludes halogenated alkanes) is 3. The summed E-state index contributed by atoms with van der Waals surface area (Å²) in [4.78, 5) is 7.22. The van der Waals surface area contributed by atoms with E-state index in [1.165, 1.54) is 98.0 Å². The first-order valence-corrected chi connectivity index (χ1v) is 32.4. The molecule has 0 heterocycles. The molecule has 0 amide bonds. The SMILES string of the molecule is CCCCCCc1ccc(C2(c3ccc(N(c4ccc(N(c5ccc(C(C)(C)C)cc5)c5ccc(C(C)(C)C)cc5)cc4)c4ccc(N(c5ccc(C(C)(C)C)cc5)c5ccc(C(C)(C)C)cc5)cc4)cc3)c3cc(C)ccc3-c3ccc(C)cc32)cc1. The average molecular weight is 1160 g/mol. The van der Waals surface area contributed by atoms with Crippen LogP contribution < -0.4 is 14.7 Å². The van der Waals surface area contributed by atoms with Crippen molar-refractivity contribution in [3.8, 4) is 11.1 Å². The van der Waals surface area contributed by atoms with E-state index in [9.17, 15) is 0 Å². The first-order valence-electron chi connectivity index (χ1n) is 32.4. The Morgan fingerprint density at radius 2 is 0.534 bits per heavy atom. The number of anilines is 9. The van der Waals surface area contributed by atoms with E-state index in [4.69, 9.17) is 0 Å². The van der Waals surface area contributed by atoms with Crippen LogP contribution in [0.1, 0.15) is 177 Å². The molecule has 0 spiro atoms. The van der Waals surface area contributed by atoms with Crippen molar-refractivity contribution in [1.29, 1.82) is 0 Å². The van der Waals surface area contributed by atoms with Crippen LogP contribution in [-0.4, -0.2) is 0 Å². The van der Waals surface area contributed by atoms with Crippen molar-refractivity contribution in [3.05, 3.63) is 292 Å². The highest BCUT2D eigenvalue weighted by atomic mass is 15.2. The minimum atomic E-state index is -0.532. The van der Waals surface area contributed by atoms with Gasteiger partial charge in [0, 0.05) is 51.2 Å². The van der Waals surface area contributed by atoms with Gasteiger partial charge in [-0.15, -0.1) is 0 Å². The van der Waals surface area contributed by atoms with Crippen LogP contribution in [0.3, 0.4) is 0 Å². The zero-order chi connectivity index (χ0) is 62.3. The predicted molar refractivity (Wildman–Crippen MR) is 380 cm³/mol. The maximum atomic E-state index is 2.45. The molecule has 0 bridgehead atoms. The van der Waals surface area contributed by atoms with Crippen molar-refractivity contribution in [2.45, 2.75) is 163 Å². The van der Waals surface area contributed by atoms with Gasteiger partial charge in [0.2, 0.25) is 0 Å². The van der Waals surface area contributed by atoms with Gasteiger partial charge in [-0.1, -0.05) is 242 Å².